The van der Waals surface area contributed by atoms with Crippen molar-refractivity contribution in [1.29, 1.82) is 5.26 Å². The fourth-order valence-corrected chi connectivity index (χ4v) is 4.52. The van der Waals surface area contributed by atoms with Crippen LogP contribution in [0.4, 0.5) is 0 Å². The van der Waals surface area contributed by atoms with Crippen molar-refractivity contribution in [2.45, 2.75) is 25.8 Å². The number of ether oxygens (including phenoxy) is 3. The molecule has 8 heteroatoms. The predicted octanol–water partition coefficient (Wildman–Crippen LogP) is 0.689. The second-order valence-corrected chi connectivity index (χ2v) is 8.19. The number of methoxy groups -OCH3 is 1. The van der Waals surface area contributed by atoms with Crippen molar-refractivity contribution in [3.63, 3.8) is 0 Å². The van der Waals surface area contributed by atoms with Crippen molar-refractivity contribution >= 4 is 0 Å². The lowest BCUT2D eigenvalue weighted by atomic mass is 9.84. The summed E-state index contributed by atoms with van der Waals surface area (Å²) in [7, 11) is 1.58. The van der Waals surface area contributed by atoms with Crippen molar-refractivity contribution in [3.8, 4) is 17.6 Å². The van der Waals surface area contributed by atoms with Crippen LogP contribution in [0.1, 0.15) is 29.2 Å². The second kappa shape index (κ2) is 9.47. The first-order valence-electron chi connectivity index (χ1n) is 10.9. The van der Waals surface area contributed by atoms with Gasteiger partial charge in [0.25, 0.3) is 5.56 Å². The van der Waals surface area contributed by atoms with Gasteiger partial charge in [0.05, 0.1) is 38.3 Å². The van der Waals surface area contributed by atoms with Gasteiger partial charge < -0.3 is 29.4 Å². The molecular weight excluding hydrogens is 408 g/mol. The molecule has 1 atom stereocenters. The Balaban J connectivity index is 1.71. The number of hydrogen-bond acceptors (Lipinski definition) is 6. The SMILES string of the molecule is COc1cccc([C@@H]2C(C#N)=C(N)Oc3cc(C)n(CCC[NH+]4CCOCC4)c(=O)c32)c1. The average molecular weight is 438 g/mol. The molecule has 0 saturated carbocycles. The third-order valence-corrected chi connectivity index (χ3v) is 6.23. The lowest BCUT2D eigenvalue weighted by Crippen LogP contribution is -3.14. The number of quaternary nitrogens is 1. The first kappa shape index (κ1) is 21.9. The van der Waals surface area contributed by atoms with Crippen LogP contribution >= 0.6 is 0 Å². The number of aromatic nitrogens is 1. The summed E-state index contributed by atoms with van der Waals surface area (Å²) in [4.78, 5) is 15.2. The summed E-state index contributed by atoms with van der Waals surface area (Å²) in [6.45, 7) is 7.06. The minimum Gasteiger partial charge on any atom is -0.497 e. The Labute approximate surface area is 187 Å². The maximum absolute atomic E-state index is 13.7. The smallest absolute Gasteiger partial charge is 0.258 e. The van der Waals surface area contributed by atoms with Gasteiger partial charge in [-0.1, -0.05) is 12.1 Å². The van der Waals surface area contributed by atoms with Crippen LogP contribution < -0.4 is 25.7 Å². The van der Waals surface area contributed by atoms with Crippen LogP contribution in [0, 0.1) is 18.3 Å². The van der Waals surface area contributed by atoms with Crippen molar-refractivity contribution in [2.24, 2.45) is 5.73 Å². The largest absolute Gasteiger partial charge is 0.497 e. The van der Waals surface area contributed by atoms with Crippen molar-refractivity contribution in [2.75, 3.05) is 40.0 Å². The minimum absolute atomic E-state index is 0.0280. The van der Waals surface area contributed by atoms with E-state index in [1.165, 1.54) is 4.90 Å². The maximum atomic E-state index is 13.7. The number of nitrogens with one attached hydrogen (secondary N) is 1. The number of morpholine rings is 1. The standard InChI is InChI=1S/C24H28N4O4/c1-16-13-20-22(24(29)28(16)8-4-7-27-9-11-31-12-10-27)21(19(15-25)23(26)32-20)17-5-3-6-18(14-17)30-2/h3,5-6,13-14,21H,4,7-12,26H2,1-2H3/p+1/t21-/m1/s1. The Morgan fingerprint density at radius 3 is 2.81 bits per heavy atom. The van der Waals surface area contributed by atoms with Crippen LogP contribution in [0.2, 0.25) is 0 Å². The summed E-state index contributed by atoms with van der Waals surface area (Å²) in [6, 6.07) is 11.4. The van der Waals surface area contributed by atoms with E-state index in [4.69, 9.17) is 19.9 Å². The van der Waals surface area contributed by atoms with Crippen molar-refractivity contribution in [1.82, 2.24) is 4.57 Å². The van der Waals surface area contributed by atoms with Crippen LogP contribution in [0.25, 0.3) is 0 Å². The fourth-order valence-electron chi connectivity index (χ4n) is 4.52. The summed E-state index contributed by atoms with van der Waals surface area (Å²) < 4.78 is 18.3. The van der Waals surface area contributed by atoms with E-state index in [2.05, 4.69) is 6.07 Å². The Bertz CT molecular complexity index is 1130. The third kappa shape index (κ3) is 4.22. The lowest BCUT2D eigenvalue weighted by molar-refractivity contribution is -0.908. The number of hydrogen-bond donors (Lipinski definition) is 2. The van der Waals surface area contributed by atoms with Crippen LogP contribution in [0.3, 0.4) is 0 Å². The topological polar surface area (TPSA) is 104 Å². The van der Waals surface area contributed by atoms with Crippen LogP contribution in [-0.4, -0.2) is 44.5 Å². The molecular formula is C24H29N4O4+. The molecule has 2 aliphatic rings. The molecule has 0 bridgehead atoms. The Morgan fingerprint density at radius 2 is 2.09 bits per heavy atom. The van der Waals surface area contributed by atoms with Gasteiger partial charge in [-0.15, -0.1) is 0 Å². The number of pyridine rings is 1. The molecule has 3 N–H and O–H groups in total. The molecule has 2 aliphatic heterocycles. The molecule has 168 valence electrons. The number of aryl methyl sites for hydroxylation is 1. The summed E-state index contributed by atoms with van der Waals surface area (Å²) in [5, 5.41) is 9.82. The molecule has 32 heavy (non-hydrogen) atoms. The van der Waals surface area contributed by atoms with Crippen LogP contribution in [0.15, 0.2) is 46.6 Å². The average Bonchev–Trinajstić information content (AvgIpc) is 2.81. The highest BCUT2D eigenvalue weighted by Gasteiger charge is 2.34. The molecule has 3 heterocycles. The second-order valence-electron chi connectivity index (χ2n) is 8.19. The first-order valence-corrected chi connectivity index (χ1v) is 10.9. The molecule has 0 spiro atoms. The van der Waals surface area contributed by atoms with Gasteiger partial charge in [0, 0.05) is 24.7 Å². The van der Waals surface area contributed by atoms with Gasteiger partial charge in [0.15, 0.2) is 0 Å². The maximum Gasteiger partial charge on any atom is 0.258 e. The summed E-state index contributed by atoms with van der Waals surface area (Å²) in [5.41, 5.74) is 8.18. The molecule has 1 fully saturated rings. The van der Waals surface area contributed by atoms with Gasteiger partial charge in [-0.25, -0.2) is 0 Å². The Kier molecular flexibility index (Phi) is 6.49. The first-order chi connectivity index (χ1) is 15.5. The van der Waals surface area contributed by atoms with E-state index in [1.807, 2.05) is 37.3 Å². The zero-order valence-corrected chi connectivity index (χ0v) is 18.5. The summed E-state index contributed by atoms with van der Waals surface area (Å²) in [6.07, 6.45) is 0.878. The molecule has 0 amide bonds. The molecule has 0 radical (unpaired) electrons. The highest BCUT2D eigenvalue weighted by molar-refractivity contribution is 5.56. The molecule has 2 aromatic rings. The minimum atomic E-state index is -0.608. The Hall–Kier alpha value is -3.28. The summed E-state index contributed by atoms with van der Waals surface area (Å²) >= 11 is 0. The monoisotopic (exact) mass is 437 g/mol. The number of benzene rings is 1. The van der Waals surface area contributed by atoms with E-state index >= 15 is 0 Å². The van der Waals surface area contributed by atoms with Crippen LogP contribution in [0.5, 0.6) is 11.5 Å². The quantitative estimate of drug-likeness (QED) is 0.689. The van der Waals surface area contributed by atoms with Gasteiger partial charge in [-0.3, -0.25) is 4.79 Å². The number of nitrogens with two attached hydrogens (primary N) is 1. The highest BCUT2D eigenvalue weighted by atomic mass is 16.5. The number of nitriles is 1. The van der Waals surface area contributed by atoms with E-state index in [9.17, 15) is 10.1 Å². The zero-order valence-electron chi connectivity index (χ0n) is 18.5. The molecule has 1 aromatic carbocycles. The van der Waals surface area contributed by atoms with E-state index in [0.29, 0.717) is 23.6 Å². The van der Waals surface area contributed by atoms with E-state index in [1.54, 1.807) is 11.7 Å². The Morgan fingerprint density at radius 1 is 1.31 bits per heavy atom. The number of fused-ring (bicyclic) bond motifs is 1. The molecule has 0 unspecified atom stereocenters. The third-order valence-electron chi connectivity index (χ3n) is 6.23. The molecule has 4 rings (SSSR count). The molecule has 1 aromatic heterocycles. The zero-order chi connectivity index (χ0) is 22.7. The van der Waals surface area contributed by atoms with Gasteiger partial charge in [-0.2, -0.15) is 5.26 Å². The lowest BCUT2D eigenvalue weighted by Gasteiger charge is -2.28. The fraction of sp³-hybridized carbons (Fsp3) is 0.417. The van der Waals surface area contributed by atoms with Gasteiger partial charge in [-0.05, 0) is 24.6 Å². The van der Waals surface area contributed by atoms with Gasteiger partial charge >= 0.3 is 0 Å². The van der Waals surface area contributed by atoms with E-state index < -0.39 is 5.92 Å². The van der Waals surface area contributed by atoms with Crippen molar-refractivity contribution < 1.29 is 19.1 Å². The van der Waals surface area contributed by atoms with E-state index in [-0.39, 0.29) is 17.0 Å². The van der Waals surface area contributed by atoms with Crippen LogP contribution in [-0.2, 0) is 11.3 Å². The summed E-state index contributed by atoms with van der Waals surface area (Å²) in [5.74, 6) is 0.475. The normalized spacial score (nSPS) is 18.6. The predicted molar refractivity (Wildman–Crippen MR) is 119 cm³/mol. The highest BCUT2D eigenvalue weighted by Crippen LogP contribution is 2.41. The van der Waals surface area contributed by atoms with Gasteiger partial charge in [0.2, 0.25) is 5.88 Å². The molecule has 8 nitrogen and oxygen atoms in total. The molecule has 1 saturated heterocycles. The van der Waals surface area contributed by atoms with Crippen molar-refractivity contribution in [3.05, 3.63) is 69.0 Å². The van der Waals surface area contributed by atoms with E-state index in [0.717, 1.165) is 50.5 Å². The molecule has 0 aliphatic carbocycles. The number of rotatable bonds is 6. The number of allylic oxidation sites excluding steroid dienone is 1. The number of nitrogens with zero attached hydrogens (tertiary/aromatic N) is 2. The van der Waals surface area contributed by atoms with Gasteiger partial charge in [0.1, 0.15) is 36.2 Å².